The Morgan fingerprint density at radius 2 is 1.78 bits per heavy atom. The number of aryl methyl sites for hydroxylation is 1. The molecule has 1 fully saturated rings. The lowest BCUT2D eigenvalue weighted by Crippen LogP contribution is -2.52. The van der Waals surface area contributed by atoms with Gasteiger partial charge in [-0.2, -0.15) is 4.31 Å². The minimum absolute atomic E-state index is 0.0320. The van der Waals surface area contributed by atoms with Gasteiger partial charge in [-0.3, -0.25) is 9.59 Å². The molecule has 2 aromatic rings. The molecular formula is C27H39N3O4S2. The summed E-state index contributed by atoms with van der Waals surface area (Å²) < 4.78 is 26.8. The topological polar surface area (TPSA) is 78.0 Å². The van der Waals surface area contributed by atoms with Crippen LogP contribution in [0.15, 0.2) is 41.8 Å². The fourth-order valence-electron chi connectivity index (χ4n) is 4.52. The zero-order chi connectivity index (χ0) is 26.3. The van der Waals surface area contributed by atoms with Crippen LogP contribution in [0.1, 0.15) is 49.6 Å². The molecule has 7 nitrogen and oxygen atoms in total. The molecule has 3 rings (SSSR count). The predicted octanol–water partition coefficient (Wildman–Crippen LogP) is 3.93. The van der Waals surface area contributed by atoms with Crippen molar-refractivity contribution in [2.45, 2.75) is 59.5 Å². The number of likely N-dealkylation sites (tertiary alicyclic amines) is 1. The van der Waals surface area contributed by atoms with Crippen LogP contribution < -0.4 is 0 Å². The SMILES string of the molecule is CCS(=O)(=O)N(CC(=O)N(Cc1ccc(C)cc1)C1CCN(C(=O)Cc2cccs2)CC1)CC(C)C. The van der Waals surface area contributed by atoms with E-state index in [4.69, 9.17) is 0 Å². The van der Waals surface area contributed by atoms with Gasteiger partial charge in [0.15, 0.2) is 0 Å². The van der Waals surface area contributed by atoms with Crippen LogP contribution in [-0.4, -0.2) is 72.3 Å². The summed E-state index contributed by atoms with van der Waals surface area (Å²) in [6.45, 7) is 9.31. The van der Waals surface area contributed by atoms with Gasteiger partial charge in [0.25, 0.3) is 0 Å². The van der Waals surface area contributed by atoms with Gasteiger partial charge >= 0.3 is 0 Å². The molecule has 0 unspecified atom stereocenters. The number of nitrogens with zero attached hydrogens (tertiary/aromatic N) is 3. The largest absolute Gasteiger partial charge is 0.342 e. The lowest BCUT2D eigenvalue weighted by Gasteiger charge is -2.39. The van der Waals surface area contributed by atoms with Crippen LogP contribution >= 0.6 is 11.3 Å². The van der Waals surface area contributed by atoms with E-state index in [0.717, 1.165) is 16.0 Å². The van der Waals surface area contributed by atoms with Crippen molar-refractivity contribution in [3.05, 3.63) is 57.8 Å². The fourth-order valence-corrected chi connectivity index (χ4v) is 6.41. The van der Waals surface area contributed by atoms with Crippen molar-refractivity contribution in [1.29, 1.82) is 0 Å². The van der Waals surface area contributed by atoms with E-state index in [1.54, 1.807) is 18.3 Å². The van der Waals surface area contributed by atoms with Gasteiger partial charge in [0, 0.05) is 37.1 Å². The van der Waals surface area contributed by atoms with E-state index in [1.165, 1.54) is 4.31 Å². The molecule has 198 valence electrons. The number of rotatable bonds is 11. The second-order valence-electron chi connectivity index (χ2n) is 9.96. The van der Waals surface area contributed by atoms with Crippen LogP contribution in [0.4, 0.5) is 0 Å². The van der Waals surface area contributed by atoms with Gasteiger partial charge in [-0.15, -0.1) is 11.3 Å². The molecular weight excluding hydrogens is 494 g/mol. The first-order valence-corrected chi connectivity index (χ1v) is 15.2. The van der Waals surface area contributed by atoms with E-state index in [2.05, 4.69) is 0 Å². The Bertz CT molecular complexity index is 1090. The molecule has 0 aliphatic carbocycles. The Morgan fingerprint density at radius 3 is 2.33 bits per heavy atom. The van der Waals surface area contributed by atoms with E-state index in [0.29, 0.717) is 45.4 Å². The van der Waals surface area contributed by atoms with Crippen molar-refractivity contribution in [3.8, 4) is 0 Å². The van der Waals surface area contributed by atoms with E-state index in [1.807, 2.05) is 72.3 Å². The summed E-state index contributed by atoms with van der Waals surface area (Å²) in [4.78, 5) is 31.2. The molecule has 1 aromatic carbocycles. The van der Waals surface area contributed by atoms with Crippen molar-refractivity contribution in [2.24, 2.45) is 5.92 Å². The van der Waals surface area contributed by atoms with E-state index in [9.17, 15) is 18.0 Å². The maximum Gasteiger partial charge on any atom is 0.238 e. The number of carbonyl (C=O) groups excluding carboxylic acids is 2. The highest BCUT2D eigenvalue weighted by molar-refractivity contribution is 7.89. The smallest absolute Gasteiger partial charge is 0.238 e. The maximum atomic E-state index is 13.6. The van der Waals surface area contributed by atoms with Crippen molar-refractivity contribution >= 4 is 33.2 Å². The van der Waals surface area contributed by atoms with Gasteiger partial charge in [0.05, 0.1) is 18.7 Å². The second-order valence-corrected chi connectivity index (χ2v) is 13.3. The Balaban J connectivity index is 1.74. The molecule has 1 aromatic heterocycles. The van der Waals surface area contributed by atoms with Crippen molar-refractivity contribution < 1.29 is 18.0 Å². The summed E-state index contributed by atoms with van der Waals surface area (Å²) in [6.07, 6.45) is 1.77. The first kappa shape index (κ1) is 28.3. The predicted molar refractivity (Wildman–Crippen MR) is 145 cm³/mol. The van der Waals surface area contributed by atoms with Crippen molar-refractivity contribution in [3.63, 3.8) is 0 Å². The third-order valence-electron chi connectivity index (χ3n) is 6.60. The first-order chi connectivity index (χ1) is 17.1. The number of hydrogen-bond donors (Lipinski definition) is 0. The highest BCUT2D eigenvalue weighted by Crippen LogP contribution is 2.22. The molecule has 1 aliphatic rings. The number of sulfonamides is 1. The molecule has 0 spiro atoms. The zero-order valence-corrected chi connectivity index (χ0v) is 23.5. The molecule has 0 bridgehead atoms. The maximum absolute atomic E-state index is 13.6. The summed E-state index contributed by atoms with van der Waals surface area (Å²) in [5.74, 6) is 0.0127. The molecule has 0 atom stereocenters. The average Bonchev–Trinajstić information content (AvgIpc) is 3.36. The van der Waals surface area contributed by atoms with E-state index < -0.39 is 10.0 Å². The molecule has 9 heteroatoms. The zero-order valence-electron chi connectivity index (χ0n) is 21.9. The third-order valence-corrected chi connectivity index (χ3v) is 9.27. The molecule has 0 radical (unpaired) electrons. The van der Waals surface area contributed by atoms with Gasteiger partial charge in [-0.05, 0) is 49.6 Å². The Hall–Kier alpha value is -2.23. The molecule has 0 saturated carbocycles. The molecule has 1 aliphatic heterocycles. The monoisotopic (exact) mass is 533 g/mol. The standard InChI is InChI=1S/C27H39N3O4S2/c1-5-36(33,34)29(18-21(2)3)20-27(32)30(19-23-10-8-22(4)9-11-23)24-12-14-28(15-13-24)26(31)17-25-7-6-16-35-25/h6-11,16,21,24H,5,12-15,17-20H2,1-4H3. The quantitative estimate of drug-likeness (QED) is 0.439. The Labute approximate surface area is 220 Å². The number of thiophene rings is 1. The van der Waals surface area contributed by atoms with Crippen LogP contribution in [0.2, 0.25) is 0 Å². The van der Waals surface area contributed by atoms with Crippen LogP contribution in [0.5, 0.6) is 0 Å². The Morgan fingerprint density at radius 1 is 1.11 bits per heavy atom. The normalized spacial score (nSPS) is 15.0. The van der Waals surface area contributed by atoms with Crippen LogP contribution in [0.25, 0.3) is 0 Å². The van der Waals surface area contributed by atoms with E-state index in [-0.39, 0.29) is 36.1 Å². The van der Waals surface area contributed by atoms with Crippen LogP contribution in [-0.2, 0) is 32.6 Å². The van der Waals surface area contributed by atoms with Gasteiger partial charge in [-0.25, -0.2) is 8.42 Å². The minimum atomic E-state index is -3.50. The third kappa shape index (κ3) is 7.88. The molecule has 2 heterocycles. The Kier molecular flexibility index (Phi) is 10.1. The number of hydrogen-bond acceptors (Lipinski definition) is 5. The lowest BCUT2D eigenvalue weighted by atomic mass is 10.0. The van der Waals surface area contributed by atoms with Crippen molar-refractivity contribution in [1.82, 2.24) is 14.1 Å². The van der Waals surface area contributed by atoms with Crippen LogP contribution in [0.3, 0.4) is 0 Å². The van der Waals surface area contributed by atoms with Gasteiger partial charge in [-0.1, -0.05) is 49.7 Å². The number of piperidine rings is 1. The van der Waals surface area contributed by atoms with E-state index >= 15 is 0 Å². The number of carbonyl (C=O) groups is 2. The highest BCUT2D eigenvalue weighted by Gasteiger charge is 2.32. The summed E-state index contributed by atoms with van der Waals surface area (Å²) in [5, 5.41) is 1.98. The first-order valence-electron chi connectivity index (χ1n) is 12.7. The lowest BCUT2D eigenvalue weighted by molar-refractivity contribution is -0.137. The van der Waals surface area contributed by atoms with Gasteiger partial charge < -0.3 is 9.80 Å². The fraction of sp³-hybridized carbons (Fsp3) is 0.556. The summed E-state index contributed by atoms with van der Waals surface area (Å²) >= 11 is 1.59. The summed E-state index contributed by atoms with van der Waals surface area (Å²) in [5.41, 5.74) is 2.16. The highest BCUT2D eigenvalue weighted by atomic mass is 32.2. The van der Waals surface area contributed by atoms with Gasteiger partial charge in [0.2, 0.25) is 21.8 Å². The second kappa shape index (κ2) is 12.8. The van der Waals surface area contributed by atoms with Crippen molar-refractivity contribution in [2.75, 3.05) is 31.9 Å². The molecule has 1 saturated heterocycles. The summed E-state index contributed by atoms with van der Waals surface area (Å²) in [7, 11) is -3.50. The average molecular weight is 534 g/mol. The molecule has 36 heavy (non-hydrogen) atoms. The number of amides is 2. The van der Waals surface area contributed by atoms with Crippen LogP contribution in [0, 0.1) is 12.8 Å². The number of benzene rings is 1. The summed E-state index contributed by atoms with van der Waals surface area (Å²) in [6, 6.07) is 12.0. The molecule has 2 amide bonds. The minimum Gasteiger partial charge on any atom is -0.342 e. The molecule has 0 N–H and O–H groups in total. The van der Waals surface area contributed by atoms with Gasteiger partial charge in [0.1, 0.15) is 0 Å².